The average Bonchev–Trinajstić information content (AvgIpc) is 2.82. The van der Waals surface area contributed by atoms with Crippen molar-refractivity contribution >= 4 is 0 Å². The molecule has 2 aliphatic rings. The lowest BCUT2D eigenvalue weighted by Gasteiger charge is -2.29. The van der Waals surface area contributed by atoms with E-state index in [1.165, 1.54) is 39.0 Å². The Morgan fingerprint density at radius 2 is 1.92 bits per heavy atom. The topological polar surface area (TPSA) is 15.3 Å². The van der Waals surface area contributed by atoms with Gasteiger partial charge in [0.15, 0.2) is 0 Å². The molecule has 2 heteroatoms. The number of nitrogens with zero attached hydrogens (tertiary/aromatic N) is 1. The van der Waals surface area contributed by atoms with E-state index in [0.717, 1.165) is 0 Å². The van der Waals surface area contributed by atoms with Crippen molar-refractivity contribution < 1.29 is 0 Å². The molecule has 0 amide bonds. The van der Waals surface area contributed by atoms with Gasteiger partial charge in [0.05, 0.1) is 0 Å². The zero-order valence-electron chi connectivity index (χ0n) is 9.19. The van der Waals surface area contributed by atoms with Gasteiger partial charge in [-0.2, -0.15) is 0 Å². The van der Waals surface area contributed by atoms with Crippen LogP contribution in [-0.4, -0.2) is 36.6 Å². The first-order chi connectivity index (χ1) is 6.05. The number of rotatable bonds is 1. The molecule has 13 heavy (non-hydrogen) atoms. The van der Waals surface area contributed by atoms with Crippen molar-refractivity contribution in [3.63, 3.8) is 0 Å². The summed E-state index contributed by atoms with van der Waals surface area (Å²) in [4.78, 5) is 2.60. The van der Waals surface area contributed by atoms with Crippen LogP contribution in [0.4, 0.5) is 0 Å². The number of nitrogens with one attached hydrogen (secondary N) is 1. The standard InChI is InChI=1S/C11H22N2/c1-4-13-8-10(2,3)12-7-11(9-13)5-6-11/h12H,4-9H2,1-3H3. The molecule has 1 aliphatic carbocycles. The minimum atomic E-state index is 0.308. The van der Waals surface area contributed by atoms with Crippen LogP contribution >= 0.6 is 0 Å². The normalized spacial score (nSPS) is 31.6. The van der Waals surface area contributed by atoms with Gasteiger partial charge in [-0.15, -0.1) is 0 Å². The Kier molecular flexibility index (Phi) is 2.16. The predicted molar refractivity (Wildman–Crippen MR) is 55.9 cm³/mol. The highest BCUT2D eigenvalue weighted by atomic mass is 15.2. The van der Waals surface area contributed by atoms with Gasteiger partial charge in [-0.1, -0.05) is 6.92 Å². The zero-order valence-corrected chi connectivity index (χ0v) is 9.19. The summed E-state index contributed by atoms with van der Waals surface area (Å²) in [6.07, 6.45) is 2.87. The Hall–Kier alpha value is -0.0800. The van der Waals surface area contributed by atoms with Gasteiger partial charge >= 0.3 is 0 Å². The second-order valence-electron chi connectivity index (χ2n) is 5.54. The van der Waals surface area contributed by atoms with Gasteiger partial charge in [0.1, 0.15) is 0 Å². The third-order valence-corrected chi connectivity index (χ3v) is 3.52. The van der Waals surface area contributed by atoms with E-state index < -0.39 is 0 Å². The monoisotopic (exact) mass is 182 g/mol. The van der Waals surface area contributed by atoms with E-state index in [4.69, 9.17) is 0 Å². The van der Waals surface area contributed by atoms with E-state index in [-0.39, 0.29) is 0 Å². The second kappa shape index (κ2) is 2.96. The Bertz CT molecular complexity index is 186. The molecular formula is C11H22N2. The molecule has 0 radical (unpaired) electrons. The molecule has 76 valence electrons. The maximum Gasteiger partial charge on any atom is 0.0252 e. The largest absolute Gasteiger partial charge is 0.310 e. The Labute approximate surface area is 81.7 Å². The fraction of sp³-hybridized carbons (Fsp3) is 1.00. The van der Waals surface area contributed by atoms with Crippen molar-refractivity contribution in [3.05, 3.63) is 0 Å². The highest BCUT2D eigenvalue weighted by Gasteiger charge is 2.46. The number of hydrogen-bond acceptors (Lipinski definition) is 2. The minimum Gasteiger partial charge on any atom is -0.310 e. The van der Waals surface area contributed by atoms with E-state index in [1.807, 2.05) is 0 Å². The van der Waals surface area contributed by atoms with Gasteiger partial charge < -0.3 is 10.2 Å². The third kappa shape index (κ3) is 2.05. The summed E-state index contributed by atoms with van der Waals surface area (Å²) in [7, 11) is 0. The fourth-order valence-corrected chi connectivity index (χ4v) is 2.36. The van der Waals surface area contributed by atoms with Crippen molar-refractivity contribution in [2.24, 2.45) is 5.41 Å². The molecule has 1 aliphatic heterocycles. The smallest absolute Gasteiger partial charge is 0.0252 e. The summed E-state index contributed by atoms with van der Waals surface area (Å²) < 4.78 is 0. The molecule has 0 aromatic rings. The van der Waals surface area contributed by atoms with Crippen LogP contribution in [0.2, 0.25) is 0 Å². The zero-order chi connectivity index (χ0) is 9.53. The lowest BCUT2D eigenvalue weighted by Crippen LogP contribution is -2.46. The van der Waals surface area contributed by atoms with E-state index in [9.17, 15) is 0 Å². The molecule has 0 unspecified atom stereocenters. The van der Waals surface area contributed by atoms with Gasteiger partial charge in [-0.25, -0.2) is 0 Å². The third-order valence-electron chi connectivity index (χ3n) is 3.52. The Morgan fingerprint density at radius 1 is 1.23 bits per heavy atom. The minimum absolute atomic E-state index is 0.308. The number of likely N-dealkylation sites (N-methyl/N-ethyl adjacent to an activating group) is 1. The average molecular weight is 182 g/mol. The summed E-state index contributed by atoms with van der Waals surface area (Å²) in [5.74, 6) is 0. The van der Waals surface area contributed by atoms with Crippen LogP contribution in [0.3, 0.4) is 0 Å². The van der Waals surface area contributed by atoms with E-state index >= 15 is 0 Å². The van der Waals surface area contributed by atoms with Crippen LogP contribution in [0.1, 0.15) is 33.6 Å². The molecule has 0 bridgehead atoms. The van der Waals surface area contributed by atoms with E-state index in [0.29, 0.717) is 11.0 Å². The summed E-state index contributed by atoms with van der Waals surface area (Å²) in [5, 5.41) is 3.70. The quantitative estimate of drug-likeness (QED) is 0.660. The Morgan fingerprint density at radius 3 is 2.46 bits per heavy atom. The second-order valence-corrected chi connectivity index (χ2v) is 5.54. The van der Waals surface area contributed by atoms with Crippen LogP contribution in [0.25, 0.3) is 0 Å². The summed E-state index contributed by atoms with van der Waals surface area (Å²) in [6, 6.07) is 0. The van der Waals surface area contributed by atoms with Crippen LogP contribution in [0.15, 0.2) is 0 Å². The molecule has 1 N–H and O–H groups in total. The van der Waals surface area contributed by atoms with Crippen LogP contribution in [0, 0.1) is 5.41 Å². The lowest BCUT2D eigenvalue weighted by atomic mass is 10.1. The molecule has 0 aromatic heterocycles. The fourth-order valence-electron chi connectivity index (χ4n) is 2.36. The molecule has 0 atom stereocenters. The molecule has 0 aromatic carbocycles. The first kappa shape index (κ1) is 9.47. The maximum atomic E-state index is 3.70. The Balaban J connectivity index is 2.05. The SMILES string of the molecule is CCN1CC2(CC2)CNC(C)(C)C1. The molecule has 1 saturated carbocycles. The first-order valence-electron chi connectivity index (χ1n) is 5.53. The molecule has 2 nitrogen and oxygen atoms in total. The maximum absolute atomic E-state index is 3.70. The molecular weight excluding hydrogens is 160 g/mol. The van der Waals surface area contributed by atoms with Crippen molar-refractivity contribution in [2.75, 3.05) is 26.2 Å². The van der Waals surface area contributed by atoms with Gasteiger partial charge in [0.2, 0.25) is 0 Å². The van der Waals surface area contributed by atoms with Crippen LogP contribution in [0.5, 0.6) is 0 Å². The number of hydrogen-bond donors (Lipinski definition) is 1. The van der Waals surface area contributed by atoms with Crippen LogP contribution < -0.4 is 5.32 Å². The van der Waals surface area contributed by atoms with E-state index in [2.05, 4.69) is 31.0 Å². The highest BCUT2D eigenvalue weighted by molar-refractivity contribution is 5.02. The van der Waals surface area contributed by atoms with Crippen molar-refractivity contribution in [1.82, 2.24) is 10.2 Å². The molecule has 1 heterocycles. The summed E-state index contributed by atoms with van der Waals surface area (Å²) in [6.45, 7) is 11.9. The van der Waals surface area contributed by atoms with Crippen molar-refractivity contribution in [2.45, 2.75) is 39.2 Å². The lowest BCUT2D eigenvalue weighted by molar-refractivity contribution is 0.224. The van der Waals surface area contributed by atoms with Crippen LogP contribution in [-0.2, 0) is 0 Å². The summed E-state index contributed by atoms with van der Waals surface area (Å²) in [5.41, 5.74) is 0.964. The molecule has 2 fully saturated rings. The molecule has 1 saturated heterocycles. The van der Waals surface area contributed by atoms with E-state index in [1.54, 1.807) is 0 Å². The van der Waals surface area contributed by atoms with Gasteiger partial charge in [0.25, 0.3) is 0 Å². The molecule has 2 rings (SSSR count). The van der Waals surface area contributed by atoms with Gasteiger partial charge in [-0.05, 0) is 38.6 Å². The van der Waals surface area contributed by atoms with Crippen molar-refractivity contribution in [3.8, 4) is 0 Å². The molecule has 1 spiro atoms. The first-order valence-corrected chi connectivity index (χ1v) is 5.53. The summed E-state index contributed by atoms with van der Waals surface area (Å²) >= 11 is 0. The predicted octanol–water partition coefficient (Wildman–Crippen LogP) is 1.47. The van der Waals surface area contributed by atoms with Gasteiger partial charge in [-0.3, -0.25) is 0 Å². The van der Waals surface area contributed by atoms with Gasteiger partial charge in [0, 0.05) is 25.2 Å². The highest BCUT2D eigenvalue weighted by Crippen LogP contribution is 2.47. The van der Waals surface area contributed by atoms with Crippen molar-refractivity contribution in [1.29, 1.82) is 0 Å².